The monoisotopic (exact) mass is 307 g/mol. The second-order valence-corrected chi connectivity index (χ2v) is 5.27. The van der Waals surface area contributed by atoms with Gasteiger partial charge in [0, 0.05) is 13.6 Å². The SMILES string of the molecule is CCCCCCNC(=O)Cn1cnc2c1c(=O)[nH]c(=O)n2C. The van der Waals surface area contributed by atoms with Gasteiger partial charge in [0.2, 0.25) is 5.91 Å². The number of aromatic amines is 1. The van der Waals surface area contributed by atoms with Crippen molar-refractivity contribution in [3.8, 4) is 0 Å². The Morgan fingerprint density at radius 2 is 2.09 bits per heavy atom. The number of fused-ring (bicyclic) bond motifs is 1. The van der Waals surface area contributed by atoms with E-state index in [0.717, 1.165) is 25.7 Å². The van der Waals surface area contributed by atoms with Crippen molar-refractivity contribution in [1.82, 2.24) is 24.4 Å². The number of hydrogen-bond acceptors (Lipinski definition) is 4. The van der Waals surface area contributed by atoms with Crippen LogP contribution in [0.3, 0.4) is 0 Å². The quantitative estimate of drug-likeness (QED) is 0.709. The molecule has 0 aliphatic heterocycles. The minimum absolute atomic E-state index is 0.00552. The second-order valence-electron chi connectivity index (χ2n) is 5.27. The average molecular weight is 307 g/mol. The first kappa shape index (κ1) is 16.0. The molecule has 1 amide bonds. The van der Waals surface area contributed by atoms with Crippen molar-refractivity contribution in [1.29, 1.82) is 0 Å². The number of aromatic nitrogens is 4. The van der Waals surface area contributed by atoms with Gasteiger partial charge in [-0.2, -0.15) is 0 Å². The third-order valence-corrected chi connectivity index (χ3v) is 3.54. The molecule has 0 bridgehead atoms. The number of nitrogens with zero attached hydrogens (tertiary/aromatic N) is 3. The van der Waals surface area contributed by atoms with Gasteiger partial charge in [-0.1, -0.05) is 26.2 Å². The molecule has 0 aromatic carbocycles. The Hall–Kier alpha value is -2.38. The third kappa shape index (κ3) is 3.44. The van der Waals surface area contributed by atoms with Gasteiger partial charge in [0.25, 0.3) is 5.56 Å². The lowest BCUT2D eigenvalue weighted by Crippen LogP contribution is -2.31. The molecule has 0 atom stereocenters. The van der Waals surface area contributed by atoms with E-state index in [-0.39, 0.29) is 23.6 Å². The van der Waals surface area contributed by atoms with E-state index in [9.17, 15) is 14.4 Å². The molecular formula is C14H21N5O3. The van der Waals surface area contributed by atoms with Crippen molar-refractivity contribution in [3.63, 3.8) is 0 Å². The van der Waals surface area contributed by atoms with Gasteiger partial charge in [-0.25, -0.2) is 9.78 Å². The van der Waals surface area contributed by atoms with Crippen LogP contribution >= 0.6 is 0 Å². The molecule has 2 rings (SSSR count). The number of H-pyrrole nitrogens is 1. The first-order valence-corrected chi connectivity index (χ1v) is 7.45. The number of aryl methyl sites for hydroxylation is 1. The summed E-state index contributed by atoms with van der Waals surface area (Å²) in [6.45, 7) is 2.76. The van der Waals surface area contributed by atoms with Crippen LogP contribution in [0.5, 0.6) is 0 Å². The van der Waals surface area contributed by atoms with Gasteiger partial charge in [-0.05, 0) is 6.42 Å². The molecule has 0 saturated heterocycles. The summed E-state index contributed by atoms with van der Waals surface area (Å²) in [5, 5.41) is 2.82. The highest BCUT2D eigenvalue weighted by atomic mass is 16.2. The predicted octanol–water partition coefficient (Wildman–Crippen LogP) is 0.120. The highest BCUT2D eigenvalue weighted by molar-refractivity contribution is 5.78. The zero-order valence-corrected chi connectivity index (χ0v) is 12.9. The van der Waals surface area contributed by atoms with E-state index < -0.39 is 11.2 Å². The molecule has 0 spiro atoms. The first-order valence-electron chi connectivity index (χ1n) is 7.45. The highest BCUT2D eigenvalue weighted by Crippen LogP contribution is 2.04. The Morgan fingerprint density at radius 1 is 1.32 bits per heavy atom. The Bertz CT molecular complexity index is 771. The third-order valence-electron chi connectivity index (χ3n) is 3.54. The number of nitrogens with one attached hydrogen (secondary N) is 2. The molecule has 0 unspecified atom stereocenters. The van der Waals surface area contributed by atoms with Gasteiger partial charge in [-0.3, -0.25) is 19.1 Å². The van der Waals surface area contributed by atoms with E-state index >= 15 is 0 Å². The molecule has 2 aromatic heterocycles. The predicted molar refractivity (Wildman–Crippen MR) is 82.7 cm³/mol. The zero-order valence-electron chi connectivity index (χ0n) is 12.9. The molecule has 2 N–H and O–H groups in total. The molecule has 0 radical (unpaired) electrons. The Labute approximate surface area is 127 Å². The second kappa shape index (κ2) is 7.06. The maximum Gasteiger partial charge on any atom is 0.329 e. The van der Waals surface area contributed by atoms with Gasteiger partial charge in [0.1, 0.15) is 6.54 Å². The molecule has 0 aliphatic carbocycles. The van der Waals surface area contributed by atoms with Crippen molar-refractivity contribution in [2.75, 3.05) is 6.54 Å². The summed E-state index contributed by atoms with van der Waals surface area (Å²) in [5.74, 6) is -0.177. The Balaban J connectivity index is 2.06. The van der Waals surface area contributed by atoms with E-state index in [1.807, 2.05) is 0 Å². The lowest BCUT2D eigenvalue weighted by molar-refractivity contribution is -0.121. The molecule has 2 heterocycles. The first-order chi connectivity index (χ1) is 10.5. The average Bonchev–Trinajstić information content (AvgIpc) is 2.89. The molecule has 0 fully saturated rings. The number of carbonyl (C=O) groups excluding carboxylic acids is 1. The van der Waals surface area contributed by atoms with Crippen molar-refractivity contribution in [2.24, 2.45) is 7.05 Å². The van der Waals surface area contributed by atoms with Crippen molar-refractivity contribution in [2.45, 2.75) is 39.2 Å². The van der Waals surface area contributed by atoms with E-state index in [0.29, 0.717) is 6.54 Å². The molecule has 0 saturated carbocycles. The van der Waals surface area contributed by atoms with Crippen LogP contribution in [0.1, 0.15) is 32.6 Å². The van der Waals surface area contributed by atoms with Gasteiger partial charge in [-0.15, -0.1) is 0 Å². The van der Waals surface area contributed by atoms with Crippen LogP contribution in [-0.4, -0.2) is 31.6 Å². The van der Waals surface area contributed by atoms with Gasteiger partial charge in [0.05, 0.1) is 6.33 Å². The summed E-state index contributed by atoms with van der Waals surface area (Å²) in [6, 6.07) is 0. The molecular weight excluding hydrogens is 286 g/mol. The molecule has 120 valence electrons. The normalized spacial score (nSPS) is 11.0. The zero-order chi connectivity index (χ0) is 16.1. The molecule has 22 heavy (non-hydrogen) atoms. The van der Waals surface area contributed by atoms with Gasteiger partial charge in [0.15, 0.2) is 11.2 Å². The smallest absolute Gasteiger partial charge is 0.329 e. The summed E-state index contributed by atoms with van der Waals surface area (Å²) in [5.41, 5.74) is -0.567. The number of rotatable bonds is 7. The fraction of sp³-hybridized carbons (Fsp3) is 0.571. The van der Waals surface area contributed by atoms with Crippen molar-refractivity contribution >= 4 is 17.1 Å². The van der Waals surface area contributed by atoms with Gasteiger partial charge < -0.3 is 9.88 Å². The number of hydrogen-bond donors (Lipinski definition) is 2. The highest BCUT2D eigenvalue weighted by Gasteiger charge is 2.13. The minimum Gasteiger partial charge on any atom is -0.355 e. The molecule has 8 heteroatoms. The summed E-state index contributed by atoms with van der Waals surface area (Å²) in [7, 11) is 1.52. The van der Waals surface area contributed by atoms with Gasteiger partial charge >= 0.3 is 5.69 Å². The maximum atomic E-state index is 11.9. The number of carbonyl (C=O) groups is 1. The summed E-state index contributed by atoms with van der Waals surface area (Å²) >= 11 is 0. The molecule has 0 aliphatic rings. The molecule has 8 nitrogen and oxygen atoms in total. The van der Waals surface area contributed by atoms with Crippen molar-refractivity contribution in [3.05, 3.63) is 27.2 Å². The topological polar surface area (TPSA) is 102 Å². The van der Waals surface area contributed by atoms with E-state index in [1.165, 1.54) is 22.5 Å². The summed E-state index contributed by atoms with van der Waals surface area (Å²) < 4.78 is 2.70. The number of amides is 1. The van der Waals surface area contributed by atoms with Crippen LogP contribution in [0.15, 0.2) is 15.9 Å². The standard InChI is InChI=1S/C14H21N5O3/c1-3-4-5-6-7-15-10(20)8-19-9-16-12-11(19)13(21)17-14(22)18(12)2/h9H,3-8H2,1-2H3,(H,15,20)(H,17,21,22). The van der Waals surface area contributed by atoms with Crippen LogP contribution in [0, 0.1) is 0 Å². The summed E-state index contributed by atoms with van der Waals surface area (Å²) in [4.78, 5) is 41.5. The summed E-state index contributed by atoms with van der Waals surface area (Å²) in [6.07, 6.45) is 5.74. The van der Waals surface area contributed by atoms with Crippen LogP contribution < -0.4 is 16.6 Å². The lowest BCUT2D eigenvalue weighted by atomic mass is 10.2. The lowest BCUT2D eigenvalue weighted by Gasteiger charge is -2.06. The van der Waals surface area contributed by atoms with Crippen molar-refractivity contribution < 1.29 is 4.79 Å². The van der Waals surface area contributed by atoms with Crippen LogP contribution in [0.25, 0.3) is 11.2 Å². The fourth-order valence-corrected chi connectivity index (χ4v) is 2.30. The Kier molecular flexibility index (Phi) is 5.13. The number of unbranched alkanes of at least 4 members (excludes halogenated alkanes) is 3. The Morgan fingerprint density at radius 3 is 2.82 bits per heavy atom. The van der Waals surface area contributed by atoms with E-state index in [1.54, 1.807) is 0 Å². The van der Waals surface area contributed by atoms with Crippen LogP contribution in [0.2, 0.25) is 0 Å². The minimum atomic E-state index is -0.536. The molecule has 2 aromatic rings. The van der Waals surface area contributed by atoms with E-state index in [4.69, 9.17) is 0 Å². The maximum absolute atomic E-state index is 11.9. The number of imidazole rings is 1. The fourth-order valence-electron chi connectivity index (χ4n) is 2.30. The van der Waals surface area contributed by atoms with Crippen LogP contribution in [-0.2, 0) is 18.4 Å². The van der Waals surface area contributed by atoms with Crippen LogP contribution in [0.4, 0.5) is 0 Å². The van der Waals surface area contributed by atoms with E-state index in [2.05, 4.69) is 22.2 Å². The largest absolute Gasteiger partial charge is 0.355 e.